The summed E-state index contributed by atoms with van der Waals surface area (Å²) in [5.41, 5.74) is 12.6. The molecule has 0 unspecified atom stereocenters. The summed E-state index contributed by atoms with van der Waals surface area (Å²) >= 11 is 7.07. The smallest absolute Gasteiger partial charge is 0.185 e. The molecule has 3 N–H and O–H groups in total. The van der Waals surface area contributed by atoms with E-state index in [4.69, 9.17) is 21.1 Å². The highest BCUT2D eigenvalue weighted by molar-refractivity contribution is 9.10. The Hall–Kier alpha value is -5.47. The minimum Gasteiger partial charge on any atom is -0.384 e. The van der Waals surface area contributed by atoms with Crippen LogP contribution in [-0.2, 0) is 0 Å². The van der Waals surface area contributed by atoms with Gasteiger partial charge in [-0.3, -0.25) is 10.2 Å². The Morgan fingerprint density at radius 1 is 0.558 bits per heavy atom. The quantitative estimate of drug-likeness (QED) is 0.0724. The first-order valence-electron chi connectivity index (χ1n) is 16.1. The van der Waals surface area contributed by atoms with Crippen molar-refractivity contribution in [2.24, 2.45) is 5.73 Å². The van der Waals surface area contributed by atoms with Crippen molar-refractivity contribution in [3.05, 3.63) is 208 Å². The molecular formula is C44H35Br2ClN4O. The lowest BCUT2D eigenvalue weighted by atomic mass is 10.1. The van der Waals surface area contributed by atoms with Crippen molar-refractivity contribution >= 4 is 62.0 Å². The monoisotopic (exact) mass is 828 g/mol. The van der Waals surface area contributed by atoms with Gasteiger partial charge in [0.1, 0.15) is 5.84 Å². The number of ketones is 1. The Balaban J connectivity index is 0.000000194. The second kappa shape index (κ2) is 20.4. The van der Waals surface area contributed by atoms with Crippen LogP contribution in [0.4, 0.5) is 0 Å². The van der Waals surface area contributed by atoms with Crippen LogP contribution in [0.5, 0.6) is 0 Å². The highest BCUT2D eigenvalue weighted by Gasteiger charge is 2.12. The standard InChI is InChI=1S/C22H15BrN2.C15H11BrO.C7H8N2.ClH/c23-19-14-8-7-13-18(19)21-15-20(16-9-3-1-4-10-16)24-22(25-21)17-11-5-2-6-12-17;16-14-9-5-4-6-12(14)10-11-15(17)13-7-2-1-3-8-13;8-7(9)6-4-2-1-3-5-6;/h1-15H;1-11H;1-5H,(H3,8,9);1H/b;11-10+;;. The Bertz CT molecular complexity index is 2160. The molecular weight excluding hydrogens is 796 g/mol. The number of nitrogens with one attached hydrogen (secondary N) is 1. The summed E-state index contributed by atoms with van der Waals surface area (Å²) in [6.45, 7) is 0. The van der Waals surface area contributed by atoms with Crippen LogP contribution >= 0.6 is 44.3 Å². The largest absolute Gasteiger partial charge is 0.384 e. The fourth-order valence-corrected chi connectivity index (χ4v) is 5.72. The maximum atomic E-state index is 11.8. The first-order chi connectivity index (χ1) is 24.9. The molecule has 0 aliphatic heterocycles. The van der Waals surface area contributed by atoms with Gasteiger partial charge in [0, 0.05) is 36.8 Å². The average molecular weight is 831 g/mol. The maximum Gasteiger partial charge on any atom is 0.185 e. The van der Waals surface area contributed by atoms with Crippen molar-refractivity contribution in [2.75, 3.05) is 0 Å². The molecule has 0 saturated heterocycles. The molecule has 52 heavy (non-hydrogen) atoms. The van der Waals surface area contributed by atoms with Crippen LogP contribution in [0.15, 0.2) is 191 Å². The third-order valence-electron chi connectivity index (χ3n) is 7.44. The first-order valence-corrected chi connectivity index (χ1v) is 17.6. The molecule has 0 bridgehead atoms. The van der Waals surface area contributed by atoms with Crippen molar-refractivity contribution < 1.29 is 4.79 Å². The van der Waals surface area contributed by atoms with Crippen LogP contribution in [-0.4, -0.2) is 21.6 Å². The van der Waals surface area contributed by atoms with E-state index in [0.717, 1.165) is 54.0 Å². The van der Waals surface area contributed by atoms with Crippen molar-refractivity contribution in [3.8, 4) is 33.9 Å². The molecule has 0 radical (unpaired) electrons. The fraction of sp³-hybridized carbons (Fsp3) is 0. The number of halogens is 3. The SMILES string of the molecule is Brc1ccccc1-c1cc(-c2ccccc2)nc(-c2ccccc2)n1.Cl.N=C(N)c1ccccc1.O=C(/C=C/c1ccccc1Br)c1ccccc1. The molecule has 1 aromatic heterocycles. The van der Waals surface area contributed by atoms with Gasteiger partial charge in [-0.1, -0.05) is 190 Å². The number of nitrogen functional groups attached to an aromatic ring is 1. The van der Waals surface area contributed by atoms with Crippen LogP contribution in [0.2, 0.25) is 0 Å². The second-order valence-corrected chi connectivity index (χ2v) is 12.7. The van der Waals surface area contributed by atoms with E-state index in [2.05, 4.69) is 50.1 Å². The molecule has 0 saturated carbocycles. The molecule has 1 heterocycles. The summed E-state index contributed by atoms with van der Waals surface area (Å²) in [5.74, 6) is 0.865. The number of aromatic nitrogens is 2. The summed E-state index contributed by atoms with van der Waals surface area (Å²) in [4.78, 5) is 21.4. The number of amidine groups is 1. The van der Waals surface area contributed by atoms with Crippen LogP contribution < -0.4 is 5.73 Å². The lowest BCUT2D eigenvalue weighted by molar-refractivity contribution is 0.104. The molecule has 5 nitrogen and oxygen atoms in total. The van der Waals surface area contributed by atoms with Crippen LogP contribution in [0, 0.1) is 5.41 Å². The minimum absolute atomic E-state index is 0. The summed E-state index contributed by atoms with van der Waals surface area (Å²) in [6, 6.07) is 56.7. The van der Waals surface area contributed by atoms with Gasteiger partial charge >= 0.3 is 0 Å². The van der Waals surface area contributed by atoms with Gasteiger partial charge in [0.05, 0.1) is 11.4 Å². The number of hydrogen-bond donors (Lipinski definition) is 2. The molecule has 0 aliphatic rings. The van der Waals surface area contributed by atoms with Crippen LogP contribution in [0.25, 0.3) is 40.0 Å². The van der Waals surface area contributed by atoms with Crippen LogP contribution in [0.1, 0.15) is 21.5 Å². The number of benzene rings is 6. The van der Waals surface area contributed by atoms with E-state index in [1.807, 2.05) is 164 Å². The van der Waals surface area contributed by atoms with E-state index >= 15 is 0 Å². The van der Waals surface area contributed by atoms with E-state index in [0.29, 0.717) is 5.56 Å². The summed E-state index contributed by atoms with van der Waals surface area (Å²) in [6.07, 6.45) is 3.41. The average Bonchev–Trinajstić information content (AvgIpc) is 3.19. The summed E-state index contributed by atoms with van der Waals surface area (Å²) in [5, 5.41) is 7.01. The van der Waals surface area contributed by atoms with E-state index in [9.17, 15) is 4.79 Å². The zero-order valence-corrected chi connectivity index (χ0v) is 31.9. The van der Waals surface area contributed by atoms with Gasteiger partial charge in [-0.15, -0.1) is 12.4 Å². The van der Waals surface area contributed by atoms with Gasteiger partial charge in [0.25, 0.3) is 0 Å². The van der Waals surface area contributed by atoms with Gasteiger partial charge in [-0.2, -0.15) is 0 Å². The van der Waals surface area contributed by atoms with Gasteiger partial charge in [-0.25, -0.2) is 9.97 Å². The zero-order chi connectivity index (χ0) is 35.8. The topological polar surface area (TPSA) is 92.7 Å². The third-order valence-corrected chi connectivity index (χ3v) is 8.85. The molecule has 0 atom stereocenters. The Labute approximate surface area is 327 Å². The van der Waals surface area contributed by atoms with Crippen molar-refractivity contribution in [1.82, 2.24) is 9.97 Å². The number of allylic oxidation sites excluding steroid dienone is 1. The van der Waals surface area contributed by atoms with Crippen molar-refractivity contribution in [3.63, 3.8) is 0 Å². The Morgan fingerprint density at radius 2 is 1.02 bits per heavy atom. The zero-order valence-electron chi connectivity index (χ0n) is 27.9. The molecule has 7 aromatic rings. The summed E-state index contributed by atoms with van der Waals surface area (Å²) < 4.78 is 2.00. The van der Waals surface area contributed by atoms with Gasteiger partial charge in [-0.05, 0) is 35.9 Å². The highest BCUT2D eigenvalue weighted by atomic mass is 79.9. The van der Waals surface area contributed by atoms with E-state index < -0.39 is 0 Å². The molecule has 258 valence electrons. The van der Waals surface area contributed by atoms with E-state index in [-0.39, 0.29) is 24.0 Å². The number of nitrogens with zero attached hydrogens (tertiary/aromatic N) is 2. The van der Waals surface area contributed by atoms with E-state index in [1.165, 1.54) is 0 Å². The number of carbonyl (C=O) groups excluding carboxylic acids is 1. The van der Waals surface area contributed by atoms with Gasteiger partial charge < -0.3 is 5.73 Å². The Morgan fingerprint density at radius 3 is 1.56 bits per heavy atom. The highest BCUT2D eigenvalue weighted by Crippen LogP contribution is 2.31. The molecule has 0 spiro atoms. The first kappa shape index (κ1) is 39.3. The number of hydrogen-bond acceptors (Lipinski definition) is 4. The molecule has 0 aliphatic carbocycles. The van der Waals surface area contributed by atoms with E-state index in [1.54, 1.807) is 6.08 Å². The normalized spacial score (nSPS) is 10.1. The van der Waals surface area contributed by atoms with Gasteiger partial charge in [0.15, 0.2) is 11.6 Å². The number of nitrogens with two attached hydrogens (primary N) is 1. The predicted molar refractivity (Wildman–Crippen MR) is 225 cm³/mol. The number of rotatable bonds is 7. The predicted octanol–water partition coefficient (Wildman–Crippen LogP) is 12.0. The maximum absolute atomic E-state index is 11.8. The number of carbonyl (C=O) groups is 1. The second-order valence-electron chi connectivity index (χ2n) is 11.0. The fourth-order valence-electron chi connectivity index (χ4n) is 4.82. The molecule has 6 aromatic carbocycles. The van der Waals surface area contributed by atoms with Gasteiger partial charge in [0.2, 0.25) is 0 Å². The Kier molecular flexibility index (Phi) is 15.4. The van der Waals surface area contributed by atoms with Crippen molar-refractivity contribution in [2.45, 2.75) is 0 Å². The third kappa shape index (κ3) is 11.5. The minimum atomic E-state index is 0. The lowest BCUT2D eigenvalue weighted by Crippen LogP contribution is -2.10. The molecule has 7 rings (SSSR count). The van der Waals surface area contributed by atoms with Crippen molar-refractivity contribution in [1.29, 1.82) is 5.41 Å². The van der Waals surface area contributed by atoms with Crippen LogP contribution in [0.3, 0.4) is 0 Å². The summed E-state index contributed by atoms with van der Waals surface area (Å²) in [7, 11) is 0. The molecule has 0 fully saturated rings. The lowest BCUT2D eigenvalue weighted by Gasteiger charge is -2.10. The molecule has 8 heteroatoms. The molecule has 0 amide bonds.